The number of aryl methyl sites for hydroxylation is 2. The maximum atomic E-state index is 12.6. The van der Waals surface area contributed by atoms with E-state index < -0.39 is 12.6 Å². The zero-order valence-electron chi connectivity index (χ0n) is 18.8. The molecule has 2 aromatic rings. The second-order valence-corrected chi connectivity index (χ2v) is 8.03. The molecular weight excluding hydrogens is 394 g/mol. The number of esters is 1. The van der Waals surface area contributed by atoms with Gasteiger partial charge in [0.25, 0.3) is 0 Å². The predicted molar refractivity (Wildman–Crippen MR) is 117 cm³/mol. The Hall–Kier alpha value is -3.11. The Morgan fingerprint density at radius 2 is 1.87 bits per heavy atom. The normalized spacial score (nSPS) is 13.9. The van der Waals surface area contributed by atoms with E-state index in [9.17, 15) is 14.9 Å². The second kappa shape index (κ2) is 9.36. The van der Waals surface area contributed by atoms with Crippen molar-refractivity contribution in [2.75, 3.05) is 20.3 Å². The van der Waals surface area contributed by atoms with Crippen molar-refractivity contribution in [3.63, 3.8) is 0 Å². The fourth-order valence-corrected chi connectivity index (χ4v) is 4.03. The van der Waals surface area contributed by atoms with Gasteiger partial charge in [-0.25, -0.2) is 4.79 Å². The summed E-state index contributed by atoms with van der Waals surface area (Å²) in [7, 11) is 1.63. The van der Waals surface area contributed by atoms with Crippen molar-refractivity contribution in [3.8, 4) is 6.07 Å². The van der Waals surface area contributed by atoms with Gasteiger partial charge in [-0.15, -0.1) is 0 Å². The molecule has 2 heterocycles. The van der Waals surface area contributed by atoms with E-state index in [1.165, 1.54) is 0 Å². The third kappa shape index (κ3) is 4.80. The number of nitrogens with zero attached hydrogens (tertiary/aromatic N) is 3. The number of carbonyl (C=O) groups is 2. The fraction of sp³-hybridized carbons (Fsp3) is 0.458. The molecule has 31 heavy (non-hydrogen) atoms. The number of hydrogen-bond donors (Lipinski definition) is 0. The molecule has 1 aliphatic rings. The van der Waals surface area contributed by atoms with Gasteiger partial charge in [-0.1, -0.05) is 0 Å². The van der Waals surface area contributed by atoms with Crippen molar-refractivity contribution < 1.29 is 19.1 Å². The summed E-state index contributed by atoms with van der Waals surface area (Å²) in [5.74, 6) is -1.09. The Bertz CT molecular complexity index is 1080. The van der Waals surface area contributed by atoms with Crippen LogP contribution >= 0.6 is 0 Å². The second-order valence-electron chi connectivity index (χ2n) is 8.03. The van der Waals surface area contributed by atoms with Gasteiger partial charge in [0.2, 0.25) is 5.78 Å². The van der Waals surface area contributed by atoms with Gasteiger partial charge in [0.15, 0.2) is 6.61 Å². The van der Waals surface area contributed by atoms with Crippen LogP contribution in [0, 0.1) is 39.0 Å². The number of carbonyl (C=O) groups excluding carboxylic acids is 2. The van der Waals surface area contributed by atoms with Gasteiger partial charge in [-0.3, -0.25) is 4.79 Å². The van der Waals surface area contributed by atoms with Crippen LogP contribution in [0.3, 0.4) is 0 Å². The molecule has 0 spiro atoms. The SMILES string of the molecule is COCCn1c(C)cc(C(=O)COC(=O)/C(C#N)=C/c2cc(C)n(C3CC3)c2C)c1C. The van der Waals surface area contributed by atoms with Crippen LogP contribution in [0.2, 0.25) is 0 Å². The van der Waals surface area contributed by atoms with Crippen LogP contribution in [0.5, 0.6) is 0 Å². The summed E-state index contributed by atoms with van der Waals surface area (Å²) in [6.45, 7) is 8.55. The monoisotopic (exact) mass is 423 g/mol. The first-order valence-electron chi connectivity index (χ1n) is 10.4. The van der Waals surface area contributed by atoms with Gasteiger partial charge in [-0.05, 0) is 64.3 Å². The fourth-order valence-electron chi connectivity index (χ4n) is 4.03. The highest BCUT2D eigenvalue weighted by atomic mass is 16.5. The van der Waals surface area contributed by atoms with Crippen molar-refractivity contribution in [1.82, 2.24) is 9.13 Å². The van der Waals surface area contributed by atoms with E-state index in [0.717, 1.165) is 41.2 Å². The van der Waals surface area contributed by atoms with Gasteiger partial charge in [0.05, 0.1) is 6.61 Å². The number of hydrogen-bond acceptors (Lipinski definition) is 5. The van der Waals surface area contributed by atoms with E-state index >= 15 is 0 Å². The number of aromatic nitrogens is 2. The number of nitriles is 1. The smallest absolute Gasteiger partial charge is 0.349 e. The number of Topliss-reactive ketones (excluding diaryl/α,β-unsaturated/α-hetero) is 1. The Labute approximate surface area is 182 Å². The molecule has 1 saturated carbocycles. The van der Waals surface area contributed by atoms with Gasteiger partial charge >= 0.3 is 5.97 Å². The van der Waals surface area contributed by atoms with Crippen LogP contribution in [0.15, 0.2) is 17.7 Å². The third-order valence-electron chi connectivity index (χ3n) is 5.80. The average molecular weight is 424 g/mol. The van der Waals surface area contributed by atoms with Gasteiger partial charge < -0.3 is 18.6 Å². The molecule has 2 aromatic heterocycles. The number of ketones is 1. The van der Waals surface area contributed by atoms with Gasteiger partial charge in [-0.2, -0.15) is 5.26 Å². The standard InChI is InChI=1S/C24H29N3O4/c1-15-11-22(18(4)26(15)8-9-30-5)23(28)14-31-24(29)20(13-25)12-19-10-16(2)27(17(19)3)21-6-7-21/h10-12,21H,6-9,14H2,1-5H3/b20-12+. The molecule has 7 nitrogen and oxygen atoms in total. The summed E-state index contributed by atoms with van der Waals surface area (Å²) in [5.41, 5.74) is 5.10. The number of rotatable bonds is 9. The van der Waals surface area contributed by atoms with E-state index in [0.29, 0.717) is 24.8 Å². The number of ether oxygens (including phenoxy) is 2. The molecular formula is C24H29N3O4. The lowest BCUT2D eigenvalue weighted by Crippen LogP contribution is -2.16. The van der Waals surface area contributed by atoms with Crippen LogP contribution in [-0.4, -0.2) is 41.2 Å². The predicted octanol–water partition coefficient (Wildman–Crippen LogP) is 3.84. The first kappa shape index (κ1) is 22.6. The van der Waals surface area contributed by atoms with Gasteiger partial charge in [0.1, 0.15) is 11.6 Å². The molecule has 3 rings (SSSR count). The minimum Gasteiger partial charge on any atom is -0.453 e. The van der Waals surface area contributed by atoms with Crippen molar-refractivity contribution in [2.24, 2.45) is 0 Å². The third-order valence-corrected chi connectivity index (χ3v) is 5.80. The highest BCUT2D eigenvalue weighted by Gasteiger charge is 2.27. The largest absolute Gasteiger partial charge is 0.453 e. The topological polar surface area (TPSA) is 86.2 Å². The molecule has 0 N–H and O–H groups in total. The Balaban J connectivity index is 1.70. The summed E-state index contributed by atoms with van der Waals surface area (Å²) < 4.78 is 14.5. The lowest BCUT2D eigenvalue weighted by molar-refractivity contribution is -0.137. The minimum atomic E-state index is -0.791. The van der Waals surface area contributed by atoms with E-state index in [-0.39, 0.29) is 11.4 Å². The van der Waals surface area contributed by atoms with Crippen molar-refractivity contribution >= 4 is 17.8 Å². The zero-order valence-corrected chi connectivity index (χ0v) is 18.8. The molecule has 1 fully saturated rings. The van der Waals surface area contributed by atoms with Crippen molar-refractivity contribution in [2.45, 2.75) is 53.1 Å². The molecule has 7 heteroatoms. The summed E-state index contributed by atoms with van der Waals surface area (Å²) in [5, 5.41) is 9.47. The average Bonchev–Trinajstić information content (AvgIpc) is 3.47. The van der Waals surface area contributed by atoms with Crippen LogP contribution in [-0.2, 0) is 20.8 Å². The van der Waals surface area contributed by atoms with Crippen molar-refractivity contribution in [3.05, 3.63) is 51.6 Å². The molecule has 0 unspecified atom stereocenters. The molecule has 1 aliphatic carbocycles. The molecule has 0 aliphatic heterocycles. The lowest BCUT2D eigenvalue weighted by atomic mass is 10.1. The Morgan fingerprint density at radius 3 is 2.48 bits per heavy atom. The van der Waals surface area contributed by atoms with E-state index in [2.05, 4.69) is 4.57 Å². The van der Waals surface area contributed by atoms with Crippen LogP contribution < -0.4 is 0 Å². The number of methoxy groups -OCH3 is 1. The highest BCUT2D eigenvalue weighted by molar-refractivity contribution is 6.02. The summed E-state index contributed by atoms with van der Waals surface area (Å²) >= 11 is 0. The summed E-state index contributed by atoms with van der Waals surface area (Å²) in [6.07, 6.45) is 3.85. The first-order chi connectivity index (χ1) is 14.8. The molecule has 0 bridgehead atoms. The Morgan fingerprint density at radius 1 is 1.16 bits per heavy atom. The molecule has 0 saturated heterocycles. The molecule has 0 aromatic carbocycles. The highest BCUT2D eigenvalue weighted by Crippen LogP contribution is 2.38. The van der Waals surface area contributed by atoms with Gasteiger partial charge in [0, 0.05) is 48.0 Å². The first-order valence-corrected chi connectivity index (χ1v) is 10.4. The van der Waals surface area contributed by atoms with Crippen LogP contribution in [0.1, 0.15) is 57.6 Å². The van der Waals surface area contributed by atoms with Crippen LogP contribution in [0.25, 0.3) is 6.08 Å². The molecule has 164 valence electrons. The van der Waals surface area contributed by atoms with E-state index in [1.54, 1.807) is 19.3 Å². The minimum absolute atomic E-state index is 0.116. The van der Waals surface area contributed by atoms with Crippen LogP contribution in [0.4, 0.5) is 0 Å². The Kier molecular flexibility index (Phi) is 6.81. The maximum Gasteiger partial charge on any atom is 0.349 e. The van der Waals surface area contributed by atoms with E-state index in [4.69, 9.17) is 9.47 Å². The molecule has 0 radical (unpaired) electrons. The van der Waals surface area contributed by atoms with E-state index in [1.807, 2.05) is 44.4 Å². The molecule has 0 amide bonds. The summed E-state index contributed by atoms with van der Waals surface area (Å²) in [4.78, 5) is 25.1. The lowest BCUT2D eigenvalue weighted by Gasteiger charge is -2.09. The quantitative estimate of drug-likeness (QED) is 0.265. The zero-order chi connectivity index (χ0) is 22.7. The molecule has 0 atom stereocenters. The maximum absolute atomic E-state index is 12.6. The van der Waals surface area contributed by atoms with Crippen molar-refractivity contribution in [1.29, 1.82) is 5.26 Å². The summed E-state index contributed by atoms with van der Waals surface area (Å²) in [6, 6.07) is 6.18.